The second kappa shape index (κ2) is 5.42. The summed E-state index contributed by atoms with van der Waals surface area (Å²) in [4.78, 5) is 0.148. The molecular weight excluding hydrogens is 228 g/mol. The Morgan fingerprint density at radius 3 is 2.69 bits per heavy atom. The Balaban J connectivity index is 2.78. The highest BCUT2D eigenvalue weighted by molar-refractivity contribution is 7.89. The van der Waals surface area contributed by atoms with Crippen LogP contribution in [0, 0.1) is 5.92 Å². The minimum atomic E-state index is -3.48. The van der Waals surface area contributed by atoms with Crippen LogP contribution < -0.4 is 10.5 Å². The molecule has 0 bridgehead atoms. The van der Waals surface area contributed by atoms with Crippen LogP contribution in [0.4, 0.5) is 0 Å². The molecule has 1 atom stereocenters. The Labute approximate surface area is 95.7 Å². The van der Waals surface area contributed by atoms with E-state index in [0.29, 0.717) is 13.0 Å². The minimum absolute atomic E-state index is 0.148. The lowest BCUT2D eigenvalue weighted by molar-refractivity contribution is 0.428. The maximum atomic E-state index is 11.9. The van der Waals surface area contributed by atoms with Crippen LogP contribution in [0.1, 0.15) is 20.3 Å². The van der Waals surface area contributed by atoms with Gasteiger partial charge >= 0.3 is 0 Å². The lowest BCUT2D eigenvalue weighted by Crippen LogP contribution is -2.39. The predicted octanol–water partition coefficient (Wildman–Crippen LogP) is 0.0614. The van der Waals surface area contributed by atoms with Crippen LogP contribution >= 0.6 is 0 Å². The van der Waals surface area contributed by atoms with Crippen molar-refractivity contribution in [1.82, 2.24) is 14.9 Å². The lowest BCUT2D eigenvalue weighted by Gasteiger charge is -2.20. The van der Waals surface area contributed by atoms with E-state index in [2.05, 4.69) is 14.9 Å². The Bertz CT molecular complexity index is 399. The zero-order valence-corrected chi connectivity index (χ0v) is 10.3. The molecule has 6 nitrogen and oxygen atoms in total. The summed E-state index contributed by atoms with van der Waals surface area (Å²) in [6, 6.07) is -0.148. The molecule has 1 unspecified atom stereocenters. The summed E-state index contributed by atoms with van der Waals surface area (Å²) in [5.41, 5.74) is 5.45. The van der Waals surface area contributed by atoms with Gasteiger partial charge in [-0.05, 0) is 18.9 Å². The van der Waals surface area contributed by atoms with Crippen molar-refractivity contribution < 1.29 is 8.42 Å². The molecule has 1 aromatic rings. The molecule has 0 spiro atoms. The first kappa shape index (κ1) is 13.1. The van der Waals surface area contributed by atoms with Gasteiger partial charge in [0.2, 0.25) is 10.0 Å². The quantitative estimate of drug-likeness (QED) is 0.660. The third kappa shape index (κ3) is 3.29. The minimum Gasteiger partial charge on any atom is -0.330 e. The van der Waals surface area contributed by atoms with E-state index >= 15 is 0 Å². The zero-order chi connectivity index (χ0) is 12.2. The number of aromatic amines is 1. The van der Waals surface area contributed by atoms with Gasteiger partial charge in [0.05, 0.1) is 6.20 Å². The van der Waals surface area contributed by atoms with Gasteiger partial charge in [-0.1, -0.05) is 13.8 Å². The van der Waals surface area contributed by atoms with E-state index < -0.39 is 10.0 Å². The molecule has 0 aliphatic heterocycles. The van der Waals surface area contributed by atoms with Crippen molar-refractivity contribution in [2.45, 2.75) is 31.2 Å². The van der Waals surface area contributed by atoms with E-state index in [1.807, 2.05) is 13.8 Å². The van der Waals surface area contributed by atoms with E-state index in [4.69, 9.17) is 5.73 Å². The summed E-state index contributed by atoms with van der Waals surface area (Å²) in [7, 11) is -3.48. The smallest absolute Gasteiger partial charge is 0.243 e. The fourth-order valence-electron chi connectivity index (χ4n) is 1.36. The van der Waals surface area contributed by atoms with Gasteiger partial charge in [0.25, 0.3) is 0 Å². The van der Waals surface area contributed by atoms with Crippen molar-refractivity contribution in [3.8, 4) is 0 Å². The molecule has 0 aliphatic rings. The highest BCUT2D eigenvalue weighted by Crippen LogP contribution is 2.11. The van der Waals surface area contributed by atoms with Crippen LogP contribution in [0.2, 0.25) is 0 Å². The van der Waals surface area contributed by atoms with Gasteiger partial charge in [0.1, 0.15) is 4.90 Å². The van der Waals surface area contributed by atoms with Crippen LogP contribution in [0.15, 0.2) is 17.3 Å². The van der Waals surface area contributed by atoms with Crippen molar-refractivity contribution in [1.29, 1.82) is 0 Å². The average molecular weight is 246 g/mol. The first-order valence-corrected chi connectivity index (χ1v) is 6.67. The van der Waals surface area contributed by atoms with Gasteiger partial charge in [-0.25, -0.2) is 13.1 Å². The fraction of sp³-hybridized carbons (Fsp3) is 0.667. The summed E-state index contributed by atoms with van der Waals surface area (Å²) in [6.07, 6.45) is 3.25. The highest BCUT2D eigenvalue weighted by atomic mass is 32.2. The largest absolute Gasteiger partial charge is 0.330 e. The molecule has 0 saturated carbocycles. The Hall–Kier alpha value is -0.920. The summed E-state index contributed by atoms with van der Waals surface area (Å²) in [5.74, 6) is 0.199. The molecule has 4 N–H and O–H groups in total. The molecule has 0 radical (unpaired) electrons. The van der Waals surface area contributed by atoms with E-state index in [0.717, 1.165) is 0 Å². The molecule has 92 valence electrons. The number of hydrogen-bond acceptors (Lipinski definition) is 4. The lowest BCUT2D eigenvalue weighted by atomic mass is 10.0. The van der Waals surface area contributed by atoms with E-state index in [-0.39, 0.29) is 16.9 Å². The van der Waals surface area contributed by atoms with Crippen LogP contribution in [0.25, 0.3) is 0 Å². The number of hydrogen-bond donors (Lipinski definition) is 3. The second-order valence-electron chi connectivity index (χ2n) is 3.98. The maximum Gasteiger partial charge on any atom is 0.243 e. The molecule has 1 heterocycles. The number of nitrogens with zero attached hydrogens (tertiary/aromatic N) is 1. The summed E-state index contributed by atoms with van der Waals surface area (Å²) in [6.45, 7) is 4.37. The molecule has 0 saturated heterocycles. The Morgan fingerprint density at radius 1 is 1.56 bits per heavy atom. The van der Waals surface area contributed by atoms with Gasteiger partial charge in [-0.2, -0.15) is 5.10 Å². The highest BCUT2D eigenvalue weighted by Gasteiger charge is 2.22. The molecule has 0 aliphatic carbocycles. The van der Waals surface area contributed by atoms with Crippen LogP contribution in [0.5, 0.6) is 0 Å². The van der Waals surface area contributed by atoms with Crippen molar-refractivity contribution >= 4 is 10.0 Å². The predicted molar refractivity (Wildman–Crippen MR) is 61.2 cm³/mol. The third-order valence-electron chi connectivity index (χ3n) is 2.37. The van der Waals surface area contributed by atoms with Crippen molar-refractivity contribution in [2.24, 2.45) is 11.7 Å². The maximum absolute atomic E-state index is 11.9. The molecule has 0 fully saturated rings. The van der Waals surface area contributed by atoms with Crippen LogP contribution in [-0.2, 0) is 10.0 Å². The van der Waals surface area contributed by atoms with Crippen LogP contribution in [-0.4, -0.2) is 31.2 Å². The Kier molecular flexibility index (Phi) is 4.45. The van der Waals surface area contributed by atoms with Gasteiger partial charge in [-0.15, -0.1) is 0 Å². The normalized spacial score (nSPS) is 14.2. The molecule has 1 rings (SSSR count). The average Bonchev–Trinajstić information content (AvgIpc) is 2.69. The number of nitrogens with one attached hydrogen (secondary N) is 2. The number of H-pyrrole nitrogens is 1. The van der Waals surface area contributed by atoms with E-state index in [1.165, 1.54) is 12.4 Å². The SMILES string of the molecule is CC(C)C(CCN)NS(=O)(=O)c1cn[nH]c1. The van der Waals surface area contributed by atoms with Gasteiger partial charge in [0, 0.05) is 12.2 Å². The van der Waals surface area contributed by atoms with Crippen LogP contribution in [0.3, 0.4) is 0 Å². The number of sulfonamides is 1. The fourth-order valence-corrected chi connectivity index (χ4v) is 2.69. The monoisotopic (exact) mass is 246 g/mol. The number of rotatable bonds is 6. The first-order valence-electron chi connectivity index (χ1n) is 5.18. The number of aromatic nitrogens is 2. The third-order valence-corrected chi connectivity index (χ3v) is 3.83. The topological polar surface area (TPSA) is 101 Å². The zero-order valence-electron chi connectivity index (χ0n) is 9.47. The van der Waals surface area contributed by atoms with Crippen molar-refractivity contribution in [2.75, 3.05) is 6.54 Å². The molecule has 1 aromatic heterocycles. The number of nitrogens with two attached hydrogens (primary N) is 1. The van der Waals surface area contributed by atoms with E-state index in [1.54, 1.807) is 0 Å². The summed E-state index contributed by atoms with van der Waals surface area (Å²) < 4.78 is 26.4. The molecule has 7 heteroatoms. The summed E-state index contributed by atoms with van der Waals surface area (Å²) >= 11 is 0. The molecule has 16 heavy (non-hydrogen) atoms. The van der Waals surface area contributed by atoms with Crippen molar-refractivity contribution in [3.63, 3.8) is 0 Å². The summed E-state index contributed by atoms with van der Waals surface area (Å²) in [5, 5.41) is 6.09. The van der Waals surface area contributed by atoms with Gasteiger partial charge in [0.15, 0.2) is 0 Å². The standard InChI is InChI=1S/C9H18N4O2S/c1-7(2)9(3-4-10)13-16(14,15)8-5-11-12-6-8/h5-7,9,13H,3-4,10H2,1-2H3,(H,11,12). The molecule has 0 amide bonds. The molecular formula is C9H18N4O2S. The van der Waals surface area contributed by atoms with Crippen molar-refractivity contribution in [3.05, 3.63) is 12.4 Å². The first-order chi connectivity index (χ1) is 7.47. The van der Waals surface area contributed by atoms with Gasteiger partial charge < -0.3 is 5.73 Å². The van der Waals surface area contributed by atoms with E-state index in [9.17, 15) is 8.42 Å². The Morgan fingerprint density at radius 2 is 2.25 bits per heavy atom. The van der Waals surface area contributed by atoms with Gasteiger partial charge in [-0.3, -0.25) is 5.10 Å². The second-order valence-corrected chi connectivity index (χ2v) is 5.70. The molecule has 0 aromatic carbocycles.